The molecule has 1 unspecified atom stereocenters. The second-order valence-corrected chi connectivity index (χ2v) is 8.39. The Morgan fingerprint density at radius 2 is 1.71 bits per heavy atom. The minimum Gasteiger partial charge on any atom is -0.464 e. The van der Waals surface area contributed by atoms with Crippen LogP contribution in [-0.4, -0.2) is 46.8 Å². The fraction of sp³-hybridized carbons (Fsp3) is 0.682. The number of carbonyl (C=O) groups is 3. The first-order chi connectivity index (χ1) is 13.1. The standard InChI is InChI=1S/C22H34N2O4/c1-13(2)12-24(21(26)17-10-8-9-11-17)16(5)20(25)18-14(3)19(22(27)28-7)23(6)15(18)4/h13,16-17H,8-12H2,1-7H3. The van der Waals surface area contributed by atoms with Crippen molar-refractivity contribution in [2.45, 2.75) is 66.3 Å². The summed E-state index contributed by atoms with van der Waals surface area (Å²) in [6, 6.07) is -0.569. The van der Waals surface area contributed by atoms with Gasteiger partial charge in [-0.25, -0.2) is 4.79 Å². The third-order valence-electron chi connectivity index (χ3n) is 5.95. The zero-order valence-corrected chi connectivity index (χ0v) is 18.3. The van der Waals surface area contributed by atoms with Crippen LogP contribution >= 0.6 is 0 Å². The molecule has 0 spiro atoms. The van der Waals surface area contributed by atoms with Gasteiger partial charge in [0.25, 0.3) is 0 Å². The third-order valence-corrected chi connectivity index (χ3v) is 5.95. The number of hydrogen-bond donors (Lipinski definition) is 0. The maximum atomic E-state index is 13.4. The van der Waals surface area contributed by atoms with Crippen molar-refractivity contribution >= 4 is 17.7 Å². The van der Waals surface area contributed by atoms with Gasteiger partial charge in [-0.15, -0.1) is 0 Å². The highest BCUT2D eigenvalue weighted by atomic mass is 16.5. The molecular weight excluding hydrogens is 356 g/mol. The molecule has 0 N–H and O–H groups in total. The third kappa shape index (κ3) is 4.15. The Morgan fingerprint density at radius 1 is 1.14 bits per heavy atom. The quantitative estimate of drug-likeness (QED) is 0.526. The zero-order chi connectivity index (χ0) is 21.2. The number of methoxy groups -OCH3 is 1. The number of rotatable bonds is 7. The highest BCUT2D eigenvalue weighted by molar-refractivity contribution is 6.06. The Morgan fingerprint density at radius 3 is 2.21 bits per heavy atom. The number of Topliss-reactive ketones (excluding diaryl/α,β-unsaturated/α-hetero) is 1. The van der Waals surface area contributed by atoms with E-state index >= 15 is 0 Å². The molecule has 0 bridgehead atoms. The van der Waals surface area contributed by atoms with Gasteiger partial charge in [-0.2, -0.15) is 0 Å². The highest BCUT2D eigenvalue weighted by Gasteiger charge is 2.35. The lowest BCUT2D eigenvalue weighted by atomic mass is 9.97. The molecule has 1 amide bonds. The number of carbonyl (C=O) groups excluding carboxylic acids is 3. The van der Waals surface area contributed by atoms with E-state index in [1.807, 2.05) is 6.92 Å². The molecule has 1 heterocycles. The van der Waals surface area contributed by atoms with Gasteiger partial charge < -0.3 is 14.2 Å². The minimum absolute atomic E-state index is 0.0256. The van der Waals surface area contributed by atoms with Crippen molar-refractivity contribution < 1.29 is 19.1 Å². The van der Waals surface area contributed by atoms with E-state index in [4.69, 9.17) is 4.74 Å². The summed E-state index contributed by atoms with van der Waals surface area (Å²) in [6.45, 7) is 10.1. The molecule has 2 rings (SSSR count). The number of hydrogen-bond acceptors (Lipinski definition) is 4. The Kier molecular flexibility index (Phi) is 7.07. The van der Waals surface area contributed by atoms with Crippen LogP contribution in [0, 0.1) is 25.7 Å². The summed E-state index contributed by atoms with van der Waals surface area (Å²) in [5.74, 6) is -0.197. The predicted molar refractivity (Wildman–Crippen MR) is 109 cm³/mol. The largest absolute Gasteiger partial charge is 0.464 e. The summed E-state index contributed by atoms with van der Waals surface area (Å²) in [5.41, 5.74) is 2.23. The van der Waals surface area contributed by atoms with Crippen LogP contribution < -0.4 is 0 Å². The topological polar surface area (TPSA) is 68.6 Å². The van der Waals surface area contributed by atoms with Crippen LogP contribution in [0.3, 0.4) is 0 Å². The molecule has 1 saturated carbocycles. The van der Waals surface area contributed by atoms with Gasteiger partial charge in [0.2, 0.25) is 5.91 Å². The lowest BCUT2D eigenvalue weighted by molar-refractivity contribution is -0.137. The average Bonchev–Trinajstić information content (AvgIpc) is 3.25. The molecule has 1 atom stereocenters. The summed E-state index contributed by atoms with van der Waals surface area (Å²) in [6.07, 6.45) is 3.97. The Hall–Kier alpha value is -2.11. The molecule has 6 heteroatoms. The van der Waals surface area contributed by atoms with E-state index in [2.05, 4.69) is 13.8 Å². The van der Waals surface area contributed by atoms with Gasteiger partial charge in [0.15, 0.2) is 5.78 Å². The molecule has 1 aliphatic carbocycles. The fourth-order valence-corrected chi connectivity index (χ4v) is 4.32. The van der Waals surface area contributed by atoms with Crippen LogP contribution in [0.15, 0.2) is 0 Å². The number of ether oxygens (including phenoxy) is 1. The first-order valence-corrected chi connectivity index (χ1v) is 10.2. The maximum Gasteiger partial charge on any atom is 0.354 e. The molecule has 1 fully saturated rings. The van der Waals surface area contributed by atoms with E-state index in [9.17, 15) is 14.4 Å². The maximum absolute atomic E-state index is 13.4. The summed E-state index contributed by atoms with van der Waals surface area (Å²) in [7, 11) is 3.09. The van der Waals surface area contributed by atoms with Crippen molar-refractivity contribution in [1.82, 2.24) is 9.47 Å². The summed E-state index contributed by atoms with van der Waals surface area (Å²) in [5, 5.41) is 0. The molecule has 0 saturated heterocycles. The highest BCUT2D eigenvalue weighted by Crippen LogP contribution is 2.29. The number of aromatic nitrogens is 1. The van der Waals surface area contributed by atoms with Gasteiger partial charge in [0.1, 0.15) is 5.69 Å². The SMILES string of the molecule is COC(=O)c1c(C)c(C(=O)C(C)N(CC(C)C)C(=O)C2CCCC2)c(C)n1C. The Labute approximate surface area is 168 Å². The van der Waals surface area contributed by atoms with Gasteiger partial charge >= 0.3 is 5.97 Å². The molecule has 0 aromatic carbocycles. The number of ketones is 1. The molecule has 6 nitrogen and oxygen atoms in total. The van der Waals surface area contributed by atoms with E-state index in [0.29, 0.717) is 29.1 Å². The van der Waals surface area contributed by atoms with Gasteiger partial charge in [-0.05, 0) is 45.1 Å². The zero-order valence-electron chi connectivity index (χ0n) is 18.3. The van der Waals surface area contributed by atoms with Crippen molar-refractivity contribution in [1.29, 1.82) is 0 Å². The van der Waals surface area contributed by atoms with Gasteiger partial charge in [0, 0.05) is 30.8 Å². The Balaban J connectivity index is 2.39. The average molecular weight is 391 g/mol. The monoisotopic (exact) mass is 390 g/mol. The summed E-state index contributed by atoms with van der Waals surface area (Å²) < 4.78 is 6.58. The van der Waals surface area contributed by atoms with Crippen molar-refractivity contribution in [3.8, 4) is 0 Å². The molecule has 1 aliphatic rings. The van der Waals surface area contributed by atoms with Crippen LogP contribution in [0.25, 0.3) is 0 Å². The van der Waals surface area contributed by atoms with Gasteiger partial charge in [-0.1, -0.05) is 26.7 Å². The number of amides is 1. The van der Waals surface area contributed by atoms with E-state index in [1.54, 1.807) is 30.4 Å². The first kappa shape index (κ1) is 22.2. The normalized spacial score (nSPS) is 15.7. The summed E-state index contributed by atoms with van der Waals surface area (Å²) in [4.78, 5) is 40.5. The lowest BCUT2D eigenvalue weighted by Gasteiger charge is -2.32. The summed E-state index contributed by atoms with van der Waals surface area (Å²) >= 11 is 0. The number of esters is 1. The second-order valence-electron chi connectivity index (χ2n) is 8.39. The molecule has 28 heavy (non-hydrogen) atoms. The van der Waals surface area contributed by atoms with Crippen LogP contribution in [0.1, 0.15) is 78.6 Å². The second kappa shape index (κ2) is 8.93. The molecule has 156 valence electrons. The van der Waals surface area contributed by atoms with Crippen molar-refractivity contribution in [2.75, 3.05) is 13.7 Å². The van der Waals surface area contributed by atoms with Crippen LogP contribution in [-0.2, 0) is 16.6 Å². The van der Waals surface area contributed by atoms with Crippen LogP contribution in [0.4, 0.5) is 0 Å². The van der Waals surface area contributed by atoms with Crippen LogP contribution in [0.2, 0.25) is 0 Å². The minimum atomic E-state index is -0.569. The fourth-order valence-electron chi connectivity index (χ4n) is 4.32. The smallest absolute Gasteiger partial charge is 0.354 e. The molecule has 0 aliphatic heterocycles. The van der Waals surface area contributed by atoms with Gasteiger partial charge in [0.05, 0.1) is 13.2 Å². The lowest BCUT2D eigenvalue weighted by Crippen LogP contribution is -2.47. The number of nitrogens with zero attached hydrogens (tertiary/aromatic N) is 2. The van der Waals surface area contributed by atoms with Crippen molar-refractivity contribution in [3.63, 3.8) is 0 Å². The Bertz CT molecular complexity index is 757. The van der Waals surface area contributed by atoms with Crippen LogP contribution in [0.5, 0.6) is 0 Å². The van der Waals surface area contributed by atoms with Crippen molar-refractivity contribution in [2.24, 2.45) is 18.9 Å². The first-order valence-electron chi connectivity index (χ1n) is 10.2. The van der Waals surface area contributed by atoms with Gasteiger partial charge in [-0.3, -0.25) is 9.59 Å². The van der Waals surface area contributed by atoms with E-state index in [-0.39, 0.29) is 23.5 Å². The van der Waals surface area contributed by atoms with Crippen molar-refractivity contribution in [3.05, 3.63) is 22.5 Å². The van der Waals surface area contributed by atoms with E-state index in [1.165, 1.54) is 7.11 Å². The molecule has 0 radical (unpaired) electrons. The molecule has 1 aromatic heterocycles. The molecular formula is C22H34N2O4. The molecule has 1 aromatic rings. The predicted octanol–water partition coefficient (Wildman–Crippen LogP) is 3.67. The van der Waals surface area contributed by atoms with E-state index in [0.717, 1.165) is 25.7 Å². The van der Waals surface area contributed by atoms with E-state index < -0.39 is 12.0 Å².